The number of aliphatic hydroxyl groups is 1. The molecular weight excluding hydrogens is 208 g/mol. The smallest absolute Gasteiger partial charge is 0.206 e. The van der Waals surface area contributed by atoms with Crippen LogP contribution in [-0.4, -0.2) is 30.2 Å². The van der Waals surface area contributed by atoms with Gasteiger partial charge in [0.1, 0.15) is 0 Å². The molecular formula is C12H24O4. The van der Waals surface area contributed by atoms with Crippen LogP contribution in [0.4, 0.5) is 0 Å². The summed E-state index contributed by atoms with van der Waals surface area (Å²) in [6.45, 7) is 6.08. The van der Waals surface area contributed by atoms with Gasteiger partial charge in [-0.3, -0.25) is 0 Å². The number of methoxy groups -OCH3 is 1. The number of unbranched alkanes of at least 4 members (excludes halogenated alkanes) is 1. The van der Waals surface area contributed by atoms with Gasteiger partial charge >= 0.3 is 0 Å². The van der Waals surface area contributed by atoms with Crippen molar-refractivity contribution in [2.45, 2.75) is 57.8 Å². The average molecular weight is 232 g/mol. The first kappa shape index (κ1) is 13.9. The molecule has 1 fully saturated rings. The van der Waals surface area contributed by atoms with E-state index in [1.165, 1.54) is 0 Å². The fourth-order valence-electron chi connectivity index (χ4n) is 2.21. The molecule has 1 N–H and O–H groups in total. The van der Waals surface area contributed by atoms with Gasteiger partial charge < -0.3 is 9.84 Å². The standard InChI is InChI=1S/C12H24O4/c1-5-6-7-12(14-4)10(9-13)8-11(2,3)15-16-12/h10,13H,5-9H2,1-4H3/t10-,12-/m1/s1. The Balaban J connectivity index is 2.75. The van der Waals surface area contributed by atoms with E-state index in [4.69, 9.17) is 14.5 Å². The van der Waals surface area contributed by atoms with Crippen LogP contribution in [-0.2, 0) is 14.5 Å². The zero-order valence-electron chi connectivity index (χ0n) is 10.8. The lowest BCUT2D eigenvalue weighted by molar-refractivity contribution is -0.501. The van der Waals surface area contributed by atoms with Gasteiger partial charge in [0.05, 0.1) is 12.2 Å². The van der Waals surface area contributed by atoms with Crippen LogP contribution in [0.15, 0.2) is 0 Å². The molecule has 4 nitrogen and oxygen atoms in total. The first-order valence-corrected chi connectivity index (χ1v) is 6.02. The van der Waals surface area contributed by atoms with Crippen molar-refractivity contribution in [1.82, 2.24) is 0 Å². The fraction of sp³-hybridized carbons (Fsp3) is 1.00. The highest BCUT2D eigenvalue weighted by atomic mass is 17.2. The minimum absolute atomic E-state index is 0.0344. The molecule has 0 aliphatic carbocycles. The molecule has 0 aromatic rings. The third-order valence-electron chi connectivity index (χ3n) is 3.21. The quantitative estimate of drug-likeness (QED) is 0.739. The Hall–Kier alpha value is -0.160. The van der Waals surface area contributed by atoms with Gasteiger partial charge in [-0.15, -0.1) is 0 Å². The van der Waals surface area contributed by atoms with Crippen LogP contribution >= 0.6 is 0 Å². The highest BCUT2D eigenvalue weighted by Crippen LogP contribution is 2.41. The van der Waals surface area contributed by atoms with E-state index in [1.54, 1.807) is 7.11 Å². The summed E-state index contributed by atoms with van der Waals surface area (Å²) < 4.78 is 5.47. The SMILES string of the molecule is CCCC[C@@]1(OC)OOC(C)(C)C[C@@H]1CO. The Kier molecular flexibility index (Phi) is 4.73. The Labute approximate surface area is 97.8 Å². The van der Waals surface area contributed by atoms with Gasteiger partial charge in [0, 0.05) is 19.4 Å². The van der Waals surface area contributed by atoms with Crippen molar-refractivity contribution in [1.29, 1.82) is 0 Å². The maximum Gasteiger partial charge on any atom is 0.206 e. The Bertz CT molecular complexity index is 217. The van der Waals surface area contributed by atoms with Crippen molar-refractivity contribution in [2.75, 3.05) is 13.7 Å². The molecule has 2 atom stereocenters. The van der Waals surface area contributed by atoms with Crippen LogP contribution in [0.2, 0.25) is 0 Å². The third kappa shape index (κ3) is 2.94. The summed E-state index contributed by atoms with van der Waals surface area (Å²) in [5.74, 6) is -0.812. The molecule has 1 saturated heterocycles. The van der Waals surface area contributed by atoms with Crippen LogP contribution in [0.1, 0.15) is 46.5 Å². The van der Waals surface area contributed by atoms with Crippen LogP contribution in [0.5, 0.6) is 0 Å². The Morgan fingerprint density at radius 3 is 2.56 bits per heavy atom. The molecule has 0 unspecified atom stereocenters. The molecule has 0 amide bonds. The second kappa shape index (κ2) is 5.45. The van der Waals surface area contributed by atoms with E-state index in [2.05, 4.69) is 6.92 Å². The van der Waals surface area contributed by atoms with Gasteiger partial charge in [-0.05, 0) is 26.7 Å². The number of ether oxygens (including phenoxy) is 1. The van der Waals surface area contributed by atoms with E-state index < -0.39 is 5.79 Å². The van der Waals surface area contributed by atoms with Crippen LogP contribution in [0.25, 0.3) is 0 Å². The monoisotopic (exact) mass is 232 g/mol. The van der Waals surface area contributed by atoms with Crippen LogP contribution in [0.3, 0.4) is 0 Å². The fourth-order valence-corrected chi connectivity index (χ4v) is 2.21. The zero-order chi connectivity index (χ0) is 12.2. The van der Waals surface area contributed by atoms with Crippen molar-refractivity contribution < 1.29 is 19.6 Å². The van der Waals surface area contributed by atoms with Gasteiger partial charge in [0.15, 0.2) is 0 Å². The number of rotatable bonds is 5. The maximum atomic E-state index is 9.47. The summed E-state index contributed by atoms with van der Waals surface area (Å²) in [7, 11) is 1.61. The van der Waals surface area contributed by atoms with Crippen molar-refractivity contribution in [3.05, 3.63) is 0 Å². The van der Waals surface area contributed by atoms with Crippen molar-refractivity contribution in [2.24, 2.45) is 5.92 Å². The maximum absolute atomic E-state index is 9.47. The summed E-state index contributed by atoms with van der Waals surface area (Å²) in [5.41, 5.74) is -0.359. The van der Waals surface area contributed by atoms with E-state index in [-0.39, 0.29) is 18.1 Å². The number of hydrogen-bond donors (Lipinski definition) is 1. The molecule has 0 radical (unpaired) electrons. The number of aliphatic hydroxyl groups excluding tert-OH is 1. The Morgan fingerprint density at radius 1 is 1.38 bits per heavy atom. The summed E-state index contributed by atoms with van der Waals surface area (Å²) in [4.78, 5) is 10.8. The third-order valence-corrected chi connectivity index (χ3v) is 3.21. The van der Waals surface area contributed by atoms with E-state index in [0.717, 1.165) is 25.7 Å². The molecule has 0 bridgehead atoms. The van der Waals surface area contributed by atoms with Gasteiger partial charge in [0.2, 0.25) is 5.79 Å². The van der Waals surface area contributed by atoms with Crippen LogP contribution in [0, 0.1) is 5.92 Å². The first-order chi connectivity index (χ1) is 7.49. The van der Waals surface area contributed by atoms with Crippen molar-refractivity contribution >= 4 is 0 Å². The van der Waals surface area contributed by atoms with Gasteiger partial charge in [-0.2, -0.15) is 0 Å². The normalized spacial score (nSPS) is 33.9. The molecule has 1 aliphatic heterocycles. The Morgan fingerprint density at radius 2 is 2.06 bits per heavy atom. The highest BCUT2D eigenvalue weighted by molar-refractivity contribution is 4.87. The molecule has 1 rings (SSSR count). The highest BCUT2D eigenvalue weighted by Gasteiger charge is 2.48. The van der Waals surface area contributed by atoms with Gasteiger partial charge in [0.25, 0.3) is 0 Å². The lowest BCUT2D eigenvalue weighted by Crippen LogP contribution is -2.53. The zero-order valence-corrected chi connectivity index (χ0v) is 10.8. The van der Waals surface area contributed by atoms with Gasteiger partial charge in [-0.1, -0.05) is 13.3 Å². The minimum atomic E-state index is -0.777. The molecule has 0 aromatic heterocycles. The lowest BCUT2D eigenvalue weighted by atomic mass is 9.84. The predicted octanol–water partition coefficient (Wildman–Crippen LogP) is 2.26. The molecule has 96 valence electrons. The summed E-state index contributed by atoms with van der Waals surface area (Å²) >= 11 is 0. The van der Waals surface area contributed by atoms with Crippen LogP contribution < -0.4 is 0 Å². The van der Waals surface area contributed by atoms with Gasteiger partial charge in [-0.25, -0.2) is 9.78 Å². The number of hydrogen-bond acceptors (Lipinski definition) is 4. The van der Waals surface area contributed by atoms with E-state index >= 15 is 0 Å². The van der Waals surface area contributed by atoms with Crippen molar-refractivity contribution in [3.8, 4) is 0 Å². The average Bonchev–Trinajstić information content (AvgIpc) is 2.27. The van der Waals surface area contributed by atoms with Crippen molar-refractivity contribution in [3.63, 3.8) is 0 Å². The second-order valence-electron chi connectivity index (χ2n) is 5.13. The first-order valence-electron chi connectivity index (χ1n) is 6.02. The molecule has 0 saturated carbocycles. The van der Waals surface area contributed by atoms with E-state index in [0.29, 0.717) is 0 Å². The summed E-state index contributed by atoms with van der Waals surface area (Å²) in [5, 5.41) is 9.47. The molecule has 16 heavy (non-hydrogen) atoms. The molecule has 1 heterocycles. The molecule has 1 aliphatic rings. The molecule has 4 heteroatoms. The topological polar surface area (TPSA) is 47.9 Å². The molecule has 0 spiro atoms. The second-order valence-corrected chi connectivity index (χ2v) is 5.13. The minimum Gasteiger partial charge on any atom is -0.396 e. The molecule has 0 aromatic carbocycles. The largest absolute Gasteiger partial charge is 0.396 e. The summed E-state index contributed by atoms with van der Waals surface area (Å²) in [6, 6.07) is 0. The summed E-state index contributed by atoms with van der Waals surface area (Å²) in [6.07, 6.45) is 3.55. The predicted molar refractivity (Wildman–Crippen MR) is 60.7 cm³/mol. The lowest BCUT2D eigenvalue weighted by Gasteiger charge is -2.46. The van der Waals surface area contributed by atoms with E-state index in [1.807, 2.05) is 13.8 Å². The van der Waals surface area contributed by atoms with E-state index in [9.17, 15) is 5.11 Å².